The van der Waals surface area contributed by atoms with E-state index >= 15 is 0 Å². The van der Waals surface area contributed by atoms with E-state index in [1.807, 2.05) is 0 Å². The Morgan fingerprint density at radius 3 is 1.91 bits per heavy atom. The van der Waals surface area contributed by atoms with Crippen molar-refractivity contribution in [2.45, 2.75) is 58.8 Å². The molecule has 0 spiro atoms. The molecule has 128 valence electrons. The van der Waals surface area contributed by atoms with Crippen LogP contribution in [0.15, 0.2) is 0 Å². The minimum absolute atomic E-state index is 0.381. The largest absolute Gasteiger partial charge is 0.480 e. The fourth-order valence-corrected chi connectivity index (χ4v) is 1.26. The molecule has 0 bridgehead atoms. The van der Waals surface area contributed by atoms with Crippen molar-refractivity contribution in [2.75, 3.05) is 13.2 Å². The van der Waals surface area contributed by atoms with Crippen LogP contribution in [0, 0.1) is 0 Å². The Kier molecular flexibility index (Phi) is 7.31. The van der Waals surface area contributed by atoms with Crippen molar-refractivity contribution in [3.63, 3.8) is 0 Å². The highest BCUT2D eigenvalue weighted by Crippen LogP contribution is 2.08. The summed E-state index contributed by atoms with van der Waals surface area (Å²) >= 11 is 0. The Hall–Kier alpha value is -1.83. The van der Waals surface area contributed by atoms with Crippen LogP contribution in [0.1, 0.15) is 41.5 Å². The minimum atomic E-state index is -1.32. The molecule has 2 N–H and O–H groups in total. The first-order chi connectivity index (χ1) is 9.80. The van der Waals surface area contributed by atoms with E-state index in [9.17, 15) is 14.4 Å². The molecule has 0 aromatic rings. The molecule has 1 amide bonds. The van der Waals surface area contributed by atoms with Gasteiger partial charge in [-0.15, -0.1) is 0 Å². The highest BCUT2D eigenvalue weighted by molar-refractivity contribution is 5.80. The smallest absolute Gasteiger partial charge is 0.408 e. The quantitative estimate of drug-likeness (QED) is 0.710. The summed E-state index contributed by atoms with van der Waals surface area (Å²) in [7, 11) is 0. The molecule has 0 saturated carbocycles. The molecule has 8 heteroatoms. The normalized spacial score (nSPS) is 13.2. The summed E-state index contributed by atoms with van der Waals surface area (Å²) in [6, 6.07) is -1.32. The van der Waals surface area contributed by atoms with Crippen LogP contribution >= 0.6 is 0 Å². The van der Waals surface area contributed by atoms with Gasteiger partial charge in [-0.1, -0.05) is 0 Å². The lowest BCUT2D eigenvalue weighted by molar-refractivity contribution is -0.161. The second-order valence-electron chi connectivity index (χ2n) is 6.64. The SMILES string of the molecule is CC(C)(C)OC(=O)COC[C@H](NC(=O)OC(C)(C)C)C(=O)O. The van der Waals surface area contributed by atoms with Crippen LogP contribution in [0.25, 0.3) is 0 Å². The van der Waals surface area contributed by atoms with Crippen LogP contribution in [0.5, 0.6) is 0 Å². The van der Waals surface area contributed by atoms with Gasteiger partial charge in [-0.25, -0.2) is 14.4 Å². The molecule has 0 aliphatic carbocycles. The van der Waals surface area contributed by atoms with Crippen molar-refractivity contribution in [3.05, 3.63) is 0 Å². The van der Waals surface area contributed by atoms with E-state index in [0.29, 0.717) is 0 Å². The highest BCUT2D eigenvalue weighted by Gasteiger charge is 2.25. The van der Waals surface area contributed by atoms with E-state index in [2.05, 4.69) is 5.32 Å². The second kappa shape index (κ2) is 7.98. The lowest BCUT2D eigenvalue weighted by Gasteiger charge is -2.22. The van der Waals surface area contributed by atoms with E-state index in [1.165, 1.54) is 0 Å². The van der Waals surface area contributed by atoms with Gasteiger partial charge in [0.25, 0.3) is 0 Å². The van der Waals surface area contributed by atoms with Gasteiger partial charge in [0.2, 0.25) is 0 Å². The molecule has 0 unspecified atom stereocenters. The van der Waals surface area contributed by atoms with Crippen LogP contribution in [0.3, 0.4) is 0 Å². The summed E-state index contributed by atoms with van der Waals surface area (Å²) in [6.45, 7) is 9.29. The first kappa shape index (κ1) is 20.2. The number of rotatable bonds is 6. The zero-order valence-corrected chi connectivity index (χ0v) is 13.9. The molecule has 0 heterocycles. The fraction of sp³-hybridized carbons (Fsp3) is 0.786. The van der Waals surface area contributed by atoms with Gasteiger partial charge in [0.1, 0.15) is 17.8 Å². The molecule has 0 aliphatic heterocycles. The zero-order chi connectivity index (χ0) is 17.6. The molecule has 22 heavy (non-hydrogen) atoms. The summed E-state index contributed by atoms with van der Waals surface area (Å²) in [5.41, 5.74) is -1.40. The van der Waals surface area contributed by atoms with Gasteiger partial charge >= 0.3 is 18.0 Å². The van der Waals surface area contributed by atoms with Gasteiger partial charge < -0.3 is 24.6 Å². The first-order valence-electron chi connectivity index (χ1n) is 6.82. The predicted octanol–water partition coefficient (Wildman–Crippen LogP) is 1.32. The van der Waals surface area contributed by atoms with Gasteiger partial charge in [0.05, 0.1) is 6.61 Å². The van der Waals surface area contributed by atoms with Crippen molar-refractivity contribution in [2.24, 2.45) is 0 Å². The molecular weight excluding hydrogens is 294 g/mol. The monoisotopic (exact) mass is 319 g/mol. The van der Waals surface area contributed by atoms with Gasteiger partial charge in [-0.2, -0.15) is 0 Å². The number of carbonyl (C=O) groups excluding carboxylic acids is 2. The van der Waals surface area contributed by atoms with Crippen molar-refractivity contribution >= 4 is 18.0 Å². The number of carboxylic acid groups (broad SMARTS) is 1. The molecule has 0 rings (SSSR count). The lowest BCUT2D eigenvalue weighted by Crippen LogP contribution is -2.46. The van der Waals surface area contributed by atoms with E-state index < -0.39 is 41.9 Å². The zero-order valence-electron chi connectivity index (χ0n) is 13.9. The third-order valence-corrected chi connectivity index (χ3v) is 1.91. The number of hydrogen-bond donors (Lipinski definition) is 2. The second-order valence-corrected chi connectivity index (χ2v) is 6.64. The van der Waals surface area contributed by atoms with Gasteiger partial charge in [0.15, 0.2) is 6.04 Å². The Labute approximate surface area is 130 Å². The van der Waals surface area contributed by atoms with Crippen molar-refractivity contribution in [3.8, 4) is 0 Å². The van der Waals surface area contributed by atoms with E-state index in [0.717, 1.165) is 0 Å². The Morgan fingerprint density at radius 2 is 1.50 bits per heavy atom. The van der Waals surface area contributed by atoms with Gasteiger partial charge in [-0.05, 0) is 41.5 Å². The molecule has 0 fully saturated rings. The Bertz CT molecular complexity index is 406. The fourth-order valence-electron chi connectivity index (χ4n) is 1.26. The molecule has 0 aliphatic rings. The van der Waals surface area contributed by atoms with E-state index in [1.54, 1.807) is 41.5 Å². The lowest BCUT2D eigenvalue weighted by atomic mass is 10.2. The average Bonchev–Trinajstić information content (AvgIpc) is 2.22. The summed E-state index contributed by atoms with van der Waals surface area (Å²) in [4.78, 5) is 34.0. The van der Waals surface area contributed by atoms with Crippen LogP contribution in [0.2, 0.25) is 0 Å². The maximum absolute atomic E-state index is 11.5. The number of hydrogen-bond acceptors (Lipinski definition) is 6. The van der Waals surface area contributed by atoms with Gasteiger partial charge in [-0.3, -0.25) is 0 Å². The molecular formula is C14H25NO7. The summed E-state index contributed by atoms with van der Waals surface area (Å²) < 4.78 is 14.9. The number of nitrogens with one attached hydrogen (secondary N) is 1. The number of esters is 1. The van der Waals surface area contributed by atoms with E-state index in [-0.39, 0.29) is 6.61 Å². The topological polar surface area (TPSA) is 111 Å². The van der Waals surface area contributed by atoms with Crippen LogP contribution < -0.4 is 5.32 Å². The molecule has 0 aromatic carbocycles. The van der Waals surface area contributed by atoms with E-state index in [4.69, 9.17) is 19.3 Å². The summed E-state index contributed by atoms with van der Waals surface area (Å²) in [5.74, 6) is -1.91. The Morgan fingerprint density at radius 1 is 1.00 bits per heavy atom. The maximum Gasteiger partial charge on any atom is 0.408 e. The summed E-state index contributed by atoms with van der Waals surface area (Å²) in [6.07, 6.45) is -0.874. The molecule has 1 atom stereocenters. The number of carboxylic acids is 1. The molecule has 0 saturated heterocycles. The molecule has 0 radical (unpaired) electrons. The van der Waals surface area contributed by atoms with Crippen molar-refractivity contribution in [1.29, 1.82) is 0 Å². The van der Waals surface area contributed by atoms with Gasteiger partial charge in [0, 0.05) is 0 Å². The van der Waals surface area contributed by atoms with Crippen LogP contribution in [-0.2, 0) is 23.8 Å². The number of aliphatic carboxylic acids is 1. The number of alkyl carbamates (subject to hydrolysis) is 1. The number of carbonyl (C=O) groups is 3. The predicted molar refractivity (Wildman–Crippen MR) is 77.5 cm³/mol. The molecule has 8 nitrogen and oxygen atoms in total. The number of ether oxygens (including phenoxy) is 3. The Balaban J connectivity index is 4.30. The third kappa shape index (κ3) is 10.9. The van der Waals surface area contributed by atoms with Crippen molar-refractivity contribution in [1.82, 2.24) is 5.32 Å². The first-order valence-corrected chi connectivity index (χ1v) is 6.82. The molecule has 0 aromatic heterocycles. The number of amides is 1. The minimum Gasteiger partial charge on any atom is -0.480 e. The maximum atomic E-state index is 11.5. The summed E-state index contributed by atoms with van der Waals surface area (Å²) in [5, 5.41) is 11.2. The third-order valence-electron chi connectivity index (χ3n) is 1.91. The standard InChI is InChI=1S/C14H25NO7/c1-13(2,3)21-10(16)8-20-7-9(11(17)18)15-12(19)22-14(4,5)6/h9H,7-8H2,1-6H3,(H,15,19)(H,17,18)/t9-/m0/s1. The average molecular weight is 319 g/mol. The van der Waals surface area contributed by atoms with Crippen LogP contribution in [-0.4, -0.2) is 53.6 Å². The highest BCUT2D eigenvalue weighted by atomic mass is 16.6. The van der Waals surface area contributed by atoms with Crippen molar-refractivity contribution < 1.29 is 33.7 Å². The van der Waals surface area contributed by atoms with Crippen LogP contribution in [0.4, 0.5) is 4.79 Å².